The SMILES string of the molecule is Cc1c2c(nn1C1CCSC(C)(C)C1)-c1ccccc1OC21CCN(C(=O)OCC2CC2)CC1. The van der Waals surface area contributed by atoms with E-state index in [0.29, 0.717) is 31.7 Å². The summed E-state index contributed by atoms with van der Waals surface area (Å²) in [4.78, 5) is 14.5. The third kappa shape index (κ3) is 3.90. The quantitative estimate of drug-likeness (QED) is 0.543. The Labute approximate surface area is 206 Å². The van der Waals surface area contributed by atoms with Gasteiger partial charge in [-0.3, -0.25) is 4.68 Å². The highest BCUT2D eigenvalue weighted by atomic mass is 32.2. The minimum Gasteiger partial charge on any atom is -0.482 e. The molecule has 1 unspecified atom stereocenters. The van der Waals surface area contributed by atoms with Crippen molar-refractivity contribution in [3.8, 4) is 17.0 Å². The molecule has 1 spiro atoms. The van der Waals surface area contributed by atoms with Gasteiger partial charge in [-0.1, -0.05) is 26.0 Å². The summed E-state index contributed by atoms with van der Waals surface area (Å²) in [6.45, 7) is 8.76. The second-order valence-electron chi connectivity index (χ2n) is 11.1. The number of rotatable bonds is 3. The number of likely N-dealkylation sites (tertiary alicyclic amines) is 1. The zero-order chi connectivity index (χ0) is 23.5. The molecule has 7 heteroatoms. The molecule has 34 heavy (non-hydrogen) atoms. The van der Waals surface area contributed by atoms with Crippen LogP contribution in [0.15, 0.2) is 24.3 Å². The van der Waals surface area contributed by atoms with E-state index in [-0.39, 0.29) is 10.8 Å². The first kappa shape index (κ1) is 22.3. The maximum Gasteiger partial charge on any atom is 0.409 e. The number of nitrogens with zero attached hydrogens (tertiary/aromatic N) is 3. The zero-order valence-corrected chi connectivity index (χ0v) is 21.3. The lowest BCUT2D eigenvalue weighted by Gasteiger charge is -2.44. The van der Waals surface area contributed by atoms with Crippen molar-refractivity contribution in [2.75, 3.05) is 25.4 Å². The summed E-state index contributed by atoms with van der Waals surface area (Å²) in [5, 5.41) is 5.26. The van der Waals surface area contributed by atoms with Crippen molar-refractivity contribution in [3.63, 3.8) is 0 Å². The summed E-state index contributed by atoms with van der Waals surface area (Å²) in [6, 6.07) is 8.70. The predicted octanol–water partition coefficient (Wildman–Crippen LogP) is 5.94. The molecule has 0 bridgehead atoms. The van der Waals surface area contributed by atoms with E-state index in [9.17, 15) is 4.79 Å². The maximum absolute atomic E-state index is 12.6. The number of amides is 1. The second-order valence-corrected chi connectivity index (χ2v) is 12.9. The van der Waals surface area contributed by atoms with Gasteiger partial charge in [0.1, 0.15) is 17.0 Å². The van der Waals surface area contributed by atoms with Crippen molar-refractivity contribution in [3.05, 3.63) is 35.5 Å². The average molecular weight is 482 g/mol. The molecule has 1 atom stereocenters. The van der Waals surface area contributed by atoms with Crippen LogP contribution in [-0.2, 0) is 10.3 Å². The molecule has 6 rings (SSSR count). The highest BCUT2D eigenvalue weighted by Crippen LogP contribution is 2.51. The molecule has 3 aliphatic heterocycles. The minimum atomic E-state index is -0.446. The molecule has 0 radical (unpaired) electrons. The van der Waals surface area contributed by atoms with Gasteiger partial charge in [0.15, 0.2) is 0 Å². The van der Waals surface area contributed by atoms with Gasteiger partial charge < -0.3 is 14.4 Å². The summed E-state index contributed by atoms with van der Waals surface area (Å²) in [7, 11) is 0. The fraction of sp³-hybridized carbons (Fsp3) is 0.630. The zero-order valence-electron chi connectivity index (χ0n) is 20.5. The number of thioether (sulfide) groups is 1. The molecule has 2 aromatic rings. The molecule has 0 N–H and O–H groups in total. The molecule has 1 saturated carbocycles. The first-order valence-electron chi connectivity index (χ1n) is 12.8. The van der Waals surface area contributed by atoms with Crippen molar-refractivity contribution in [2.24, 2.45) is 5.92 Å². The average Bonchev–Trinajstić information content (AvgIpc) is 3.58. The molecule has 6 nitrogen and oxygen atoms in total. The maximum atomic E-state index is 12.6. The number of hydrogen-bond acceptors (Lipinski definition) is 5. The predicted molar refractivity (Wildman–Crippen MR) is 134 cm³/mol. The normalized spacial score (nSPS) is 24.8. The van der Waals surface area contributed by atoms with E-state index in [1.807, 2.05) is 11.0 Å². The number of carbonyl (C=O) groups excluding carboxylic acids is 1. The third-order valence-electron chi connectivity index (χ3n) is 8.04. The number of carbonyl (C=O) groups is 1. The molecule has 1 aliphatic carbocycles. The van der Waals surface area contributed by atoms with Gasteiger partial charge in [0.2, 0.25) is 0 Å². The molecule has 3 fully saturated rings. The van der Waals surface area contributed by atoms with E-state index < -0.39 is 5.60 Å². The summed E-state index contributed by atoms with van der Waals surface area (Å²) >= 11 is 2.07. The van der Waals surface area contributed by atoms with Crippen molar-refractivity contribution in [1.82, 2.24) is 14.7 Å². The van der Waals surface area contributed by atoms with Gasteiger partial charge in [-0.05, 0) is 56.4 Å². The second kappa shape index (κ2) is 8.21. The Morgan fingerprint density at radius 1 is 1.21 bits per heavy atom. The van der Waals surface area contributed by atoms with Gasteiger partial charge in [-0.25, -0.2) is 4.79 Å². The summed E-state index contributed by atoms with van der Waals surface area (Å²) in [6.07, 6.45) is 5.98. The third-order valence-corrected chi connectivity index (χ3v) is 9.43. The van der Waals surface area contributed by atoms with Crippen LogP contribution in [0.25, 0.3) is 11.3 Å². The summed E-state index contributed by atoms with van der Waals surface area (Å²) in [5.41, 5.74) is 4.16. The first-order chi connectivity index (χ1) is 16.4. The van der Waals surface area contributed by atoms with Crippen molar-refractivity contribution in [1.29, 1.82) is 0 Å². The lowest BCUT2D eigenvalue weighted by Crippen LogP contribution is -2.49. The molecule has 1 aromatic carbocycles. The number of aromatic nitrogens is 2. The monoisotopic (exact) mass is 481 g/mol. The standard InChI is InChI=1S/C27H35N3O3S/c1-18-23-24(28-30(18)20-10-15-34-26(2,3)16-20)21-6-4-5-7-22(21)33-27(23)11-13-29(14-12-27)25(31)32-17-19-8-9-19/h4-7,19-20H,8-17H2,1-3H3. The van der Waals surface area contributed by atoms with E-state index >= 15 is 0 Å². The van der Waals surface area contributed by atoms with Gasteiger partial charge >= 0.3 is 6.09 Å². The molecule has 4 heterocycles. The molecule has 2 saturated heterocycles. The van der Waals surface area contributed by atoms with Crippen LogP contribution in [-0.4, -0.2) is 51.0 Å². The number of hydrogen-bond donors (Lipinski definition) is 0. The number of para-hydroxylation sites is 1. The van der Waals surface area contributed by atoms with Gasteiger partial charge in [-0.15, -0.1) is 0 Å². The fourth-order valence-corrected chi connectivity index (χ4v) is 7.25. The highest BCUT2D eigenvalue weighted by Gasteiger charge is 2.48. The van der Waals surface area contributed by atoms with E-state index in [0.717, 1.165) is 48.4 Å². The van der Waals surface area contributed by atoms with Crippen LogP contribution in [0.5, 0.6) is 5.75 Å². The van der Waals surface area contributed by atoms with Crippen LogP contribution in [0.4, 0.5) is 4.79 Å². The van der Waals surface area contributed by atoms with Crippen LogP contribution >= 0.6 is 11.8 Å². The molecular formula is C27H35N3O3S. The Balaban J connectivity index is 1.32. The van der Waals surface area contributed by atoms with Crippen LogP contribution in [0.3, 0.4) is 0 Å². The van der Waals surface area contributed by atoms with Gasteiger partial charge in [0.25, 0.3) is 0 Å². The smallest absolute Gasteiger partial charge is 0.409 e. The lowest BCUT2D eigenvalue weighted by atomic mass is 9.79. The van der Waals surface area contributed by atoms with Crippen molar-refractivity contribution < 1.29 is 14.3 Å². The van der Waals surface area contributed by atoms with Gasteiger partial charge in [-0.2, -0.15) is 16.9 Å². The Bertz CT molecular complexity index is 1100. The Kier molecular flexibility index (Phi) is 5.39. The largest absolute Gasteiger partial charge is 0.482 e. The van der Waals surface area contributed by atoms with E-state index in [1.165, 1.54) is 24.1 Å². The highest BCUT2D eigenvalue weighted by molar-refractivity contribution is 8.00. The molecule has 182 valence electrons. The van der Waals surface area contributed by atoms with Crippen LogP contribution < -0.4 is 4.74 Å². The van der Waals surface area contributed by atoms with E-state index in [2.05, 4.69) is 55.4 Å². The lowest BCUT2D eigenvalue weighted by molar-refractivity contribution is -0.00649. The summed E-state index contributed by atoms with van der Waals surface area (Å²) < 4.78 is 14.9. The first-order valence-corrected chi connectivity index (χ1v) is 13.8. The van der Waals surface area contributed by atoms with Crippen LogP contribution in [0.1, 0.15) is 69.7 Å². The van der Waals surface area contributed by atoms with Crippen molar-refractivity contribution in [2.45, 2.75) is 75.7 Å². The van der Waals surface area contributed by atoms with E-state index in [1.54, 1.807) is 0 Å². The van der Waals surface area contributed by atoms with Gasteiger partial charge in [0, 0.05) is 47.5 Å². The Hall–Kier alpha value is -2.15. The minimum absolute atomic E-state index is 0.174. The summed E-state index contributed by atoms with van der Waals surface area (Å²) in [5.74, 6) is 2.65. The topological polar surface area (TPSA) is 56.6 Å². The molecule has 1 amide bonds. The Morgan fingerprint density at radius 2 is 1.97 bits per heavy atom. The van der Waals surface area contributed by atoms with Crippen LogP contribution in [0.2, 0.25) is 0 Å². The Morgan fingerprint density at radius 3 is 2.71 bits per heavy atom. The number of ether oxygens (including phenoxy) is 2. The number of fused-ring (bicyclic) bond motifs is 4. The number of benzene rings is 1. The molecular weight excluding hydrogens is 446 g/mol. The van der Waals surface area contributed by atoms with Crippen molar-refractivity contribution >= 4 is 17.9 Å². The van der Waals surface area contributed by atoms with Crippen LogP contribution in [0, 0.1) is 12.8 Å². The fourth-order valence-electron chi connectivity index (χ4n) is 6.00. The number of piperidine rings is 1. The molecule has 1 aromatic heterocycles. The van der Waals surface area contributed by atoms with Gasteiger partial charge in [0.05, 0.1) is 12.6 Å². The van der Waals surface area contributed by atoms with E-state index in [4.69, 9.17) is 14.6 Å². The molecule has 4 aliphatic rings.